The number of hydrogen-bond donors (Lipinski definition) is 1. The van der Waals surface area contributed by atoms with Gasteiger partial charge < -0.3 is 0 Å². The minimum absolute atomic E-state index is 0.729. The normalized spacial score (nSPS) is 15.2. The lowest BCUT2D eigenvalue weighted by molar-refractivity contribution is 0.405. The van der Waals surface area contributed by atoms with Gasteiger partial charge in [0.15, 0.2) is 0 Å². The van der Waals surface area contributed by atoms with Crippen molar-refractivity contribution in [2.75, 3.05) is 6.54 Å². The molecule has 0 radical (unpaired) electrons. The maximum atomic E-state index is 4.29. The Morgan fingerprint density at radius 1 is 1.09 bits per heavy atom. The second-order valence-electron chi connectivity index (χ2n) is 8.65. The van der Waals surface area contributed by atoms with Gasteiger partial charge in [0.2, 0.25) is 0 Å². The van der Waals surface area contributed by atoms with Gasteiger partial charge in [0.05, 0.1) is 11.4 Å². The number of aliphatic imine (C=N–C) groups is 1. The Hall–Kier alpha value is -3.33. The molecule has 2 aromatic carbocycles. The molecular formula is C30H37N3. The molecule has 3 heteroatoms. The van der Waals surface area contributed by atoms with E-state index in [-0.39, 0.29) is 0 Å². The van der Waals surface area contributed by atoms with Crippen LogP contribution in [0.2, 0.25) is 0 Å². The van der Waals surface area contributed by atoms with Crippen LogP contribution in [0.25, 0.3) is 6.08 Å². The van der Waals surface area contributed by atoms with Gasteiger partial charge in [0.1, 0.15) is 6.34 Å². The third-order valence-electron chi connectivity index (χ3n) is 5.76. The van der Waals surface area contributed by atoms with Crippen molar-refractivity contribution in [1.82, 2.24) is 10.4 Å². The van der Waals surface area contributed by atoms with Crippen molar-refractivity contribution in [3.05, 3.63) is 113 Å². The number of hydrazine groups is 1. The summed E-state index contributed by atoms with van der Waals surface area (Å²) in [6, 6.07) is 17.0. The maximum Gasteiger partial charge on any atom is 0.101 e. The predicted molar refractivity (Wildman–Crippen MR) is 143 cm³/mol. The van der Waals surface area contributed by atoms with E-state index in [1.807, 2.05) is 11.9 Å². The Kier molecular flexibility index (Phi) is 8.88. The molecule has 0 spiro atoms. The first-order valence-corrected chi connectivity index (χ1v) is 11.9. The molecule has 1 fully saturated rings. The fourth-order valence-corrected chi connectivity index (χ4v) is 3.65. The van der Waals surface area contributed by atoms with Crippen molar-refractivity contribution in [3.63, 3.8) is 0 Å². The number of aryl methyl sites for hydroxylation is 2. The Balaban J connectivity index is 0.000000323. The van der Waals surface area contributed by atoms with Crippen LogP contribution in [0.4, 0.5) is 0 Å². The highest BCUT2D eigenvalue weighted by molar-refractivity contribution is 5.68. The molecule has 2 aliphatic rings. The number of nitrogens with zero attached hydrogens (tertiary/aromatic N) is 2. The van der Waals surface area contributed by atoms with E-state index in [2.05, 4.69) is 111 Å². The van der Waals surface area contributed by atoms with E-state index in [1.165, 1.54) is 40.7 Å². The Bertz CT molecular complexity index is 1030. The zero-order chi connectivity index (χ0) is 23.6. The molecule has 0 heterocycles. The Morgan fingerprint density at radius 3 is 2.33 bits per heavy atom. The van der Waals surface area contributed by atoms with Crippen molar-refractivity contribution in [2.45, 2.75) is 47.0 Å². The fraction of sp³-hybridized carbons (Fsp3) is 0.300. The first-order chi connectivity index (χ1) is 16.0. The van der Waals surface area contributed by atoms with Crippen molar-refractivity contribution < 1.29 is 0 Å². The standard InChI is InChI=1S/C22H27N3.C8H10/c1-4-22(21-14-19-8-6-7-9-20(19)15-21)25(24-16-23-5-2)17(3)10-11-18-12-13-18;1-7-3-5-8(2)6-4-7/h4,6-11,14,16,18H,3,5,12-13,15H2,1-2H3,(H,23,24);3-6H,1-2H3/b11-10-,22-4-;. The smallest absolute Gasteiger partial charge is 0.101 e. The predicted octanol–water partition coefficient (Wildman–Crippen LogP) is 7.17. The highest BCUT2D eigenvalue weighted by Gasteiger charge is 2.21. The van der Waals surface area contributed by atoms with Gasteiger partial charge in [0.25, 0.3) is 0 Å². The molecule has 2 aromatic rings. The van der Waals surface area contributed by atoms with Crippen LogP contribution < -0.4 is 5.43 Å². The average Bonchev–Trinajstić information content (AvgIpc) is 3.56. The average molecular weight is 440 g/mol. The molecule has 2 aliphatic carbocycles. The van der Waals surface area contributed by atoms with Gasteiger partial charge in [-0.1, -0.05) is 78.4 Å². The zero-order valence-electron chi connectivity index (χ0n) is 20.5. The van der Waals surface area contributed by atoms with Crippen LogP contribution >= 0.6 is 0 Å². The molecular weight excluding hydrogens is 402 g/mol. The van der Waals surface area contributed by atoms with Crippen molar-refractivity contribution in [1.29, 1.82) is 0 Å². The fourth-order valence-electron chi connectivity index (χ4n) is 3.65. The number of rotatable bonds is 8. The molecule has 0 aromatic heterocycles. The molecule has 0 saturated heterocycles. The molecule has 1 saturated carbocycles. The van der Waals surface area contributed by atoms with Crippen LogP contribution in [0.5, 0.6) is 0 Å². The number of nitrogens with one attached hydrogen (secondary N) is 1. The van der Waals surface area contributed by atoms with Gasteiger partial charge in [-0.05, 0) is 75.3 Å². The van der Waals surface area contributed by atoms with Crippen LogP contribution in [0.1, 0.15) is 48.9 Å². The van der Waals surface area contributed by atoms with Gasteiger partial charge >= 0.3 is 0 Å². The SMILES string of the molecule is C=C(/C=C\C1CC1)N(NC=NCC)/C(=C\C)C1=Cc2ccccc2C1.Cc1ccc(C)cc1. The van der Waals surface area contributed by atoms with Crippen LogP contribution in [-0.4, -0.2) is 17.9 Å². The van der Waals surface area contributed by atoms with Crippen LogP contribution in [0.15, 0.2) is 95.3 Å². The molecule has 4 rings (SSSR count). The summed E-state index contributed by atoms with van der Waals surface area (Å²) in [5.41, 5.74) is 12.0. The van der Waals surface area contributed by atoms with E-state index in [0.717, 1.165) is 30.3 Å². The van der Waals surface area contributed by atoms with Gasteiger partial charge in [-0.25, -0.2) is 0 Å². The molecule has 0 amide bonds. The van der Waals surface area contributed by atoms with E-state index in [1.54, 1.807) is 6.34 Å². The molecule has 3 nitrogen and oxygen atoms in total. The summed E-state index contributed by atoms with van der Waals surface area (Å²) in [5.74, 6) is 0.729. The lowest BCUT2D eigenvalue weighted by atomic mass is 10.1. The van der Waals surface area contributed by atoms with Gasteiger partial charge in [-0.15, -0.1) is 0 Å². The van der Waals surface area contributed by atoms with E-state index in [4.69, 9.17) is 0 Å². The van der Waals surface area contributed by atoms with Crippen molar-refractivity contribution in [3.8, 4) is 0 Å². The van der Waals surface area contributed by atoms with E-state index in [9.17, 15) is 0 Å². The topological polar surface area (TPSA) is 27.6 Å². The number of hydrogen-bond acceptors (Lipinski definition) is 2. The van der Waals surface area contributed by atoms with Crippen LogP contribution in [0.3, 0.4) is 0 Å². The largest absolute Gasteiger partial charge is 0.284 e. The zero-order valence-corrected chi connectivity index (χ0v) is 20.5. The second kappa shape index (κ2) is 12.1. The van der Waals surface area contributed by atoms with Crippen LogP contribution in [-0.2, 0) is 6.42 Å². The molecule has 0 atom stereocenters. The maximum absolute atomic E-state index is 4.29. The first-order valence-electron chi connectivity index (χ1n) is 11.9. The molecule has 1 N–H and O–H groups in total. The molecule has 33 heavy (non-hydrogen) atoms. The van der Waals surface area contributed by atoms with E-state index in [0.29, 0.717) is 0 Å². The quantitative estimate of drug-likeness (QED) is 0.204. The molecule has 0 bridgehead atoms. The molecule has 0 aliphatic heterocycles. The summed E-state index contributed by atoms with van der Waals surface area (Å²) in [6.45, 7) is 13.3. The van der Waals surface area contributed by atoms with E-state index < -0.39 is 0 Å². The third kappa shape index (κ3) is 7.35. The molecule has 172 valence electrons. The first kappa shape index (κ1) is 24.3. The van der Waals surface area contributed by atoms with Crippen LogP contribution in [0, 0.1) is 19.8 Å². The number of fused-ring (bicyclic) bond motifs is 1. The summed E-state index contributed by atoms with van der Waals surface area (Å²) >= 11 is 0. The van der Waals surface area contributed by atoms with Gasteiger partial charge in [-0.3, -0.25) is 15.4 Å². The number of allylic oxidation sites excluding steroid dienone is 4. The second-order valence-corrected chi connectivity index (χ2v) is 8.65. The summed E-state index contributed by atoms with van der Waals surface area (Å²) in [4.78, 5) is 4.29. The minimum Gasteiger partial charge on any atom is -0.284 e. The molecule has 0 unspecified atom stereocenters. The van der Waals surface area contributed by atoms with Gasteiger partial charge in [0, 0.05) is 13.0 Å². The lowest BCUT2D eigenvalue weighted by Gasteiger charge is -2.28. The highest BCUT2D eigenvalue weighted by Crippen LogP contribution is 2.33. The van der Waals surface area contributed by atoms with E-state index >= 15 is 0 Å². The Morgan fingerprint density at radius 2 is 1.76 bits per heavy atom. The van der Waals surface area contributed by atoms with Gasteiger partial charge in [-0.2, -0.15) is 0 Å². The summed E-state index contributed by atoms with van der Waals surface area (Å²) in [5, 5.41) is 2.04. The number of benzene rings is 2. The van der Waals surface area contributed by atoms with Crippen molar-refractivity contribution >= 4 is 12.4 Å². The third-order valence-corrected chi connectivity index (χ3v) is 5.76. The lowest BCUT2D eigenvalue weighted by Crippen LogP contribution is -2.35. The monoisotopic (exact) mass is 439 g/mol. The highest BCUT2D eigenvalue weighted by atomic mass is 15.5. The van der Waals surface area contributed by atoms with Crippen molar-refractivity contribution in [2.24, 2.45) is 10.9 Å². The Labute approximate surface area is 199 Å². The summed E-state index contributed by atoms with van der Waals surface area (Å²) < 4.78 is 0. The summed E-state index contributed by atoms with van der Waals surface area (Å²) in [7, 11) is 0. The summed E-state index contributed by atoms with van der Waals surface area (Å²) in [6.07, 6.45) is 14.1. The minimum atomic E-state index is 0.729.